The number of hydrogen-bond acceptors (Lipinski definition) is 4. The summed E-state index contributed by atoms with van der Waals surface area (Å²) >= 11 is 0. The summed E-state index contributed by atoms with van der Waals surface area (Å²) in [5.74, 6) is 1.42. The second-order valence-electron chi connectivity index (χ2n) is 4.86. The van der Waals surface area contributed by atoms with E-state index in [1.807, 2.05) is 13.8 Å². The predicted molar refractivity (Wildman–Crippen MR) is 74.7 cm³/mol. The van der Waals surface area contributed by atoms with E-state index in [1.54, 1.807) is 25.1 Å². The van der Waals surface area contributed by atoms with Crippen LogP contribution >= 0.6 is 0 Å². The molecule has 1 N–H and O–H groups in total. The number of hydrogen-bond donors (Lipinski definition) is 1. The number of rotatable bonds is 4. The van der Waals surface area contributed by atoms with Crippen molar-refractivity contribution in [2.24, 2.45) is 0 Å². The molecule has 0 radical (unpaired) electrons. The number of benzene rings is 1. The Bertz CT molecular complexity index is 645. The smallest absolute Gasteiger partial charge is 0.272 e. The van der Waals surface area contributed by atoms with Crippen LogP contribution in [0, 0.1) is 30.9 Å². The summed E-state index contributed by atoms with van der Waals surface area (Å²) in [5.41, 5.74) is 2.17. The molecule has 2 rings (SSSR count). The van der Waals surface area contributed by atoms with Gasteiger partial charge in [0.05, 0.1) is 11.0 Å². The maximum absolute atomic E-state index is 11.0. The van der Waals surface area contributed by atoms with E-state index in [9.17, 15) is 15.2 Å². The van der Waals surface area contributed by atoms with Gasteiger partial charge in [0.25, 0.3) is 5.69 Å². The van der Waals surface area contributed by atoms with Crippen molar-refractivity contribution in [1.82, 2.24) is 0 Å². The van der Waals surface area contributed by atoms with Crippen LogP contribution in [0.3, 0.4) is 0 Å². The van der Waals surface area contributed by atoms with Gasteiger partial charge in [0.2, 0.25) is 0 Å². The summed E-state index contributed by atoms with van der Waals surface area (Å²) in [6, 6.07) is 6.46. The Hall–Kier alpha value is -2.14. The Labute approximate surface area is 117 Å². The number of aryl methyl sites for hydroxylation is 2. The highest BCUT2D eigenvalue weighted by Crippen LogP contribution is 2.31. The molecule has 1 heterocycles. The average molecular weight is 275 g/mol. The third kappa shape index (κ3) is 2.58. The van der Waals surface area contributed by atoms with E-state index in [0.29, 0.717) is 11.3 Å². The Morgan fingerprint density at radius 1 is 1.25 bits per heavy atom. The summed E-state index contributed by atoms with van der Waals surface area (Å²) in [6.07, 6.45) is -0.619. The van der Waals surface area contributed by atoms with E-state index in [2.05, 4.69) is 0 Å². The minimum Gasteiger partial charge on any atom is -0.466 e. The van der Waals surface area contributed by atoms with E-state index >= 15 is 0 Å². The molecule has 5 heteroatoms. The number of para-hydroxylation sites is 1. The van der Waals surface area contributed by atoms with Gasteiger partial charge in [-0.15, -0.1) is 0 Å². The Morgan fingerprint density at radius 2 is 1.90 bits per heavy atom. The van der Waals surface area contributed by atoms with Crippen molar-refractivity contribution in [3.05, 3.63) is 62.6 Å². The van der Waals surface area contributed by atoms with Crippen LogP contribution in [-0.2, 0) is 6.42 Å². The summed E-state index contributed by atoms with van der Waals surface area (Å²) in [6.45, 7) is 5.51. The molecule has 0 spiro atoms. The number of furan rings is 1. The minimum absolute atomic E-state index is 0.0297. The zero-order valence-corrected chi connectivity index (χ0v) is 11.7. The van der Waals surface area contributed by atoms with E-state index in [1.165, 1.54) is 6.07 Å². The fourth-order valence-corrected chi connectivity index (χ4v) is 2.47. The van der Waals surface area contributed by atoms with Crippen LogP contribution in [-0.4, -0.2) is 10.0 Å². The van der Waals surface area contributed by atoms with E-state index in [0.717, 1.165) is 16.9 Å². The molecule has 1 aromatic heterocycles. The molecule has 0 aliphatic rings. The monoisotopic (exact) mass is 275 g/mol. The molecule has 5 nitrogen and oxygen atoms in total. The number of nitro groups is 1. The Kier molecular flexibility index (Phi) is 3.90. The number of nitro benzene ring substituents is 1. The summed E-state index contributed by atoms with van der Waals surface area (Å²) in [7, 11) is 0. The zero-order chi connectivity index (χ0) is 14.9. The molecule has 106 valence electrons. The van der Waals surface area contributed by atoms with Gasteiger partial charge in [-0.1, -0.05) is 18.2 Å². The van der Waals surface area contributed by atoms with Crippen LogP contribution in [0.5, 0.6) is 0 Å². The molecule has 20 heavy (non-hydrogen) atoms. The molecular weight excluding hydrogens is 258 g/mol. The van der Waals surface area contributed by atoms with Gasteiger partial charge < -0.3 is 9.52 Å². The van der Waals surface area contributed by atoms with Crippen LogP contribution in [0.1, 0.15) is 34.3 Å². The van der Waals surface area contributed by atoms with Crippen LogP contribution in [0.25, 0.3) is 0 Å². The van der Waals surface area contributed by atoms with E-state index < -0.39 is 11.0 Å². The topological polar surface area (TPSA) is 76.5 Å². The lowest BCUT2D eigenvalue weighted by atomic mass is 9.97. The molecule has 0 saturated heterocycles. The normalized spacial score (nSPS) is 12.4. The third-order valence-corrected chi connectivity index (χ3v) is 3.55. The average Bonchev–Trinajstić information content (AvgIpc) is 2.63. The van der Waals surface area contributed by atoms with Crippen LogP contribution in [0.2, 0.25) is 0 Å². The Morgan fingerprint density at radius 3 is 2.45 bits per heavy atom. The molecule has 1 aromatic carbocycles. The van der Waals surface area contributed by atoms with Gasteiger partial charge in [0.15, 0.2) is 0 Å². The van der Waals surface area contributed by atoms with Gasteiger partial charge in [0, 0.05) is 23.6 Å². The van der Waals surface area contributed by atoms with Gasteiger partial charge in [-0.05, 0) is 26.3 Å². The highest BCUT2D eigenvalue weighted by molar-refractivity contribution is 5.42. The van der Waals surface area contributed by atoms with Crippen molar-refractivity contribution in [3.63, 3.8) is 0 Å². The van der Waals surface area contributed by atoms with Crippen LogP contribution < -0.4 is 0 Å². The summed E-state index contributed by atoms with van der Waals surface area (Å²) in [5, 5.41) is 21.4. The van der Waals surface area contributed by atoms with Gasteiger partial charge in [-0.2, -0.15) is 0 Å². The molecule has 1 atom stereocenters. The summed E-state index contributed by atoms with van der Waals surface area (Å²) in [4.78, 5) is 10.6. The molecule has 0 bridgehead atoms. The number of aliphatic hydroxyl groups is 1. The molecule has 0 aliphatic heterocycles. The maximum atomic E-state index is 11.0. The molecular formula is C15H17NO4. The van der Waals surface area contributed by atoms with Crippen molar-refractivity contribution in [2.75, 3.05) is 0 Å². The standard InChI is InChI=1S/C15H17NO4/c1-9-10(2)20-11(3)15(9)14(17)8-12-6-4-5-7-13(12)16(18)19/h4-7,14,17H,8H2,1-3H3. The molecule has 0 amide bonds. The molecule has 0 fully saturated rings. The quantitative estimate of drug-likeness (QED) is 0.685. The SMILES string of the molecule is Cc1oc(C)c(C(O)Cc2ccccc2[N+](=O)[O-])c1C. The highest BCUT2D eigenvalue weighted by Gasteiger charge is 2.22. The second-order valence-corrected chi connectivity index (χ2v) is 4.86. The largest absolute Gasteiger partial charge is 0.466 e. The first kappa shape index (κ1) is 14.3. The van der Waals surface area contributed by atoms with Crippen molar-refractivity contribution < 1.29 is 14.4 Å². The van der Waals surface area contributed by atoms with E-state index in [-0.39, 0.29) is 12.1 Å². The first-order valence-corrected chi connectivity index (χ1v) is 6.38. The van der Waals surface area contributed by atoms with Gasteiger partial charge in [0.1, 0.15) is 11.5 Å². The molecule has 0 saturated carbocycles. The fraction of sp³-hybridized carbons (Fsp3) is 0.333. The predicted octanol–water partition coefficient (Wildman–Crippen LogP) is 3.39. The number of aliphatic hydroxyl groups excluding tert-OH is 1. The molecule has 0 aliphatic carbocycles. The lowest BCUT2D eigenvalue weighted by molar-refractivity contribution is -0.385. The first-order valence-electron chi connectivity index (χ1n) is 6.38. The van der Waals surface area contributed by atoms with Gasteiger partial charge >= 0.3 is 0 Å². The van der Waals surface area contributed by atoms with Crippen LogP contribution in [0.15, 0.2) is 28.7 Å². The third-order valence-electron chi connectivity index (χ3n) is 3.55. The summed E-state index contributed by atoms with van der Waals surface area (Å²) < 4.78 is 5.49. The van der Waals surface area contributed by atoms with Crippen molar-refractivity contribution in [2.45, 2.75) is 33.3 Å². The van der Waals surface area contributed by atoms with Crippen LogP contribution in [0.4, 0.5) is 5.69 Å². The Balaban J connectivity index is 2.33. The maximum Gasteiger partial charge on any atom is 0.272 e. The zero-order valence-electron chi connectivity index (χ0n) is 11.7. The lowest BCUT2D eigenvalue weighted by Gasteiger charge is -2.11. The van der Waals surface area contributed by atoms with E-state index in [4.69, 9.17) is 4.42 Å². The van der Waals surface area contributed by atoms with Crippen molar-refractivity contribution >= 4 is 5.69 Å². The van der Waals surface area contributed by atoms with Crippen molar-refractivity contribution in [3.8, 4) is 0 Å². The first-order chi connectivity index (χ1) is 9.41. The lowest BCUT2D eigenvalue weighted by Crippen LogP contribution is -2.06. The minimum atomic E-state index is -0.812. The van der Waals surface area contributed by atoms with Gasteiger partial charge in [-0.25, -0.2) is 0 Å². The number of nitrogens with zero attached hydrogens (tertiary/aromatic N) is 1. The molecule has 2 aromatic rings. The second kappa shape index (κ2) is 5.46. The molecule has 1 unspecified atom stereocenters. The van der Waals surface area contributed by atoms with Gasteiger partial charge in [-0.3, -0.25) is 10.1 Å². The fourth-order valence-electron chi connectivity index (χ4n) is 2.47. The highest BCUT2D eigenvalue weighted by atomic mass is 16.6. The van der Waals surface area contributed by atoms with Crippen molar-refractivity contribution in [1.29, 1.82) is 0 Å².